The van der Waals surface area contributed by atoms with E-state index in [0.29, 0.717) is 34.9 Å². The van der Waals surface area contributed by atoms with Crippen LogP contribution in [-0.4, -0.2) is 108 Å². The molecule has 3 N–H and O–H groups in total. The molecule has 0 saturated carbocycles. The number of anilines is 3. The summed E-state index contributed by atoms with van der Waals surface area (Å²) in [7, 11) is -5.73. The Hall–Kier alpha value is -5.36. The molecule has 2 aliphatic heterocycles. The molecule has 12 nitrogen and oxygen atoms in total. The van der Waals surface area contributed by atoms with Gasteiger partial charge in [-0.1, -0.05) is 59.6 Å². The van der Waals surface area contributed by atoms with Gasteiger partial charge in [0.2, 0.25) is 10.0 Å². The van der Waals surface area contributed by atoms with E-state index in [9.17, 15) is 26.7 Å². The molecule has 2 aliphatic rings. The van der Waals surface area contributed by atoms with Crippen molar-refractivity contribution in [3.63, 3.8) is 0 Å². The highest BCUT2D eigenvalue weighted by atomic mass is 35.5. The maximum atomic E-state index is 15.3. The summed E-state index contributed by atoms with van der Waals surface area (Å²) in [6, 6.07) is 36.2. The third kappa shape index (κ3) is 12.9. The van der Waals surface area contributed by atoms with Gasteiger partial charge in [0.1, 0.15) is 5.82 Å². The number of likely N-dealkylation sites (tertiary alicyclic amines) is 1. The predicted molar refractivity (Wildman–Crippen MR) is 293 cm³/mol. The van der Waals surface area contributed by atoms with Crippen molar-refractivity contribution in [2.24, 2.45) is 5.41 Å². The second-order valence-corrected chi connectivity index (χ2v) is 24.8. The van der Waals surface area contributed by atoms with Crippen LogP contribution < -0.4 is 19.8 Å². The summed E-state index contributed by atoms with van der Waals surface area (Å²) in [5.74, 6) is -0.301. The lowest BCUT2D eigenvalue weighted by molar-refractivity contribution is -0.158. The average Bonchev–Trinajstić information content (AvgIpc) is 3.66. The van der Waals surface area contributed by atoms with Gasteiger partial charge in [-0.15, -0.1) is 11.8 Å². The van der Waals surface area contributed by atoms with Gasteiger partial charge < -0.3 is 29.7 Å². The number of sulfonamides is 1. The Morgan fingerprint density at radius 3 is 2.01 bits per heavy atom. The van der Waals surface area contributed by atoms with Crippen molar-refractivity contribution in [3.8, 4) is 22.4 Å². The first kappa shape index (κ1) is 54.4. The average molecular weight is 1060 g/mol. The minimum Gasteiger partial charge on any atom is -0.481 e. The molecule has 72 heavy (non-hydrogen) atoms. The van der Waals surface area contributed by atoms with Gasteiger partial charge in [0.05, 0.1) is 20.9 Å². The Kier molecular flexibility index (Phi) is 17.2. The zero-order valence-electron chi connectivity index (χ0n) is 42.2. The van der Waals surface area contributed by atoms with Gasteiger partial charge in [0, 0.05) is 108 Å². The fraction of sp³-hybridized carbons (Fsp3) is 0.364. The number of hydrogen-bond acceptors (Lipinski definition) is 10. The van der Waals surface area contributed by atoms with Crippen LogP contribution >= 0.6 is 23.4 Å². The minimum absolute atomic E-state index is 0.0252. The number of thioether (sulfide) groups is 1. The smallest absolute Gasteiger partial charge is 0.311 e. The monoisotopic (exact) mass is 1060 g/mol. The molecule has 3 heterocycles. The number of carboxylic acids is 1. The van der Waals surface area contributed by atoms with Crippen LogP contribution in [0, 0.1) is 32.0 Å². The summed E-state index contributed by atoms with van der Waals surface area (Å²) in [6.07, 6.45) is 2.07. The van der Waals surface area contributed by atoms with E-state index in [1.54, 1.807) is 49.0 Å². The molecule has 2 saturated heterocycles. The van der Waals surface area contributed by atoms with E-state index >= 15 is 4.39 Å². The molecule has 1 atom stereocenters. The molecule has 6 aromatic rings. The van der Waals surface area contributed by atoms with Crippen LogP contribution in [0.4, 0.5) is 21.5 Å². The summed E-state index contributed by atoms with van der Waals surface area (Å²) in [5, 5.41) is 13.5. The van der Waals surface area contributed by atoms with Crippen molar-refractivity contribution >= 4 is 66.3 Å². The Balaban J connectivity index is 0.000000217. The zero-order chi connectivity index (χ0) is 52.1. The largest absolute Gasteiger partial charge is 0.481 e. The fourth-order valence-electron chi connectivity index (χ4n) is 9.61. The molecule has 0 radical (unpaired) electrons. The molecule has 2 fully saturated rings. The summed E-state index contributed by atoms with van der Waals surface area (Å²) in [6.45, 7) is 16.6. The van der Waals surface area contributed by atoms with Crippen LogP contribution in [0.25, 0.3) is 22.4 Å². The Labute approximate surface area is 434 Å². The first-order valence-electron chi connectivity index (χ1n) is 24.1. The molecular weight excluding hydrogens is 991 g/mol. The lowest BCUT2D eigenvalue weighted by Crippen LogP contribution is -2.59. The highest BCUT2D eigenvalue weighted by molar-refractivity contribution is 7.99. The predicted octanol–water partition coefficient (Wildman–Crippen LogP) is 10.8. The van der Waals surface area contributed by atoms with E-state index in [-0.39, 0.29) is 21.9 Å². The fourth-order valence-corrected chi connectivity index (χ4v) is 12.8. The van der Waals surface area contributed by atoms with E-state index in [0.717, 1.165) is 73.1 Å². The molecule has 0 amide bonds. The second kappa shape index (κ2) is 22.8. The van der Waals surface area contributed by atoms with Gasteiger partial charge in [0.25, 0.3) is 0 Å². The Morgan fingerprint density at radius 2 is 1.44 bits per heavy atom. The van der Waals surface area contributed by atoms with Gasteiger partial charge >= 0.3 is 5.97 Å². The number of sulfone groups is 1. The standard InChI is InChI=1S/C32H35ClFN3O2S.C23H31N3O4S2/c1-21(2)37-23(4)32(40(5,38)39)30(31(37)24-8-10-26(33)11-9-24)25-18-27(34)20-29(19-25)36-16-14-35(15-17-36)28-12-6-22(3)7-13-28;1-17-13-20(32(29,30)24-3)9-10-21(17)25-18(14-31-19-7-5-4-6-8-19)11-12-26-15-23(2,16-26)22(27)28/h6-13,18-21H,14-17H2,1-5H3;4-10,13,18,24-25H,11-12,14-16H2,1-3H3,(H,27,28)/t;18-/m.1/s1. The molecular formula is C55H66ClFN6O6S3. The van der Waals surface area contributed by atoms with Gasteiger partial charge in [-0.25, -0.2) is 25.9 Å². The van der Waals surface area contributed by atoms with Crippen molar-refractivity contribution in [1.29, 1.82) is 0 Å². The molecule has 17 heteroatoms. The topological polar surface area (TPSA) is 144 Å². The minimum atomic E-state index is -3.64. The SMILES string of the molecule is CNS(=O)(=O)c1ccc(N[C@H](CCN2CC(C)(C(=O)O)C2)CSc2ccccc2)c(C)c1.Cc1ccc(N2CCN(c3cc(F)cc(-c4c(S(C)(=O)=O)c(C)n(C(C)C)c4-c4ccc(Cl)cc4)c3)CC2)cc1. The molecule has 0 unspecified atom stereocenters. The van der Waals surface area contributed by atoms with Gasteiger partial charge in [-0.05, 0) is 144 Å². The molecule has 0 spiro atoms. The number of aliphatic carboxylic acids is 1. The number of halogens is 2. The third-order valence-corrected chi connectivity index (χ3v) is 17.5. The van der Waals surface area contributed by atoms with Gasteiger partial charge in [-0.3, -0.25) is 4.79 Å². The maximum Gasteiger partial charge on any atom is 0.311 e. The first-order valence-corrected chi connectivity index (χ1v) is 28.8. The molecule has 0 bridgehead atoms. The van der Waals surface area contributed by atoms with Crippen LogP contribution in [0.5, 0.6) is 0 Å². The lowest BCUT2D eigenvalue weighted by atomic mass is 9.82. The number of aromatic nitrogens is 1. The summed E-state index contributed by atoms with van der Waals surface area (Å²) < 4.78 is 70.3. The van der Waals surface area contributed by atoms with Crippen LogP contribution in [0.2, 0.25) is 5.02 Å². The molecule has 0 aliphatic carbocycles. The quantitative estimate of drug-likeness (QED) is 0.0751. The number of nitrogens with one attached hydrogen (secondary N) is 2. The first-order chi connectivity index (χ1) is 34.1. The molecule has 384 valence electrons. The van der Waals surface area contributed by atoms with Crippen LogP contribution in [0.15, 0.2) is 130 Å². The lowest BCUT2D eigenvalue weighted by Gasteiger charge is -2.45. The Bertz CT molecular complexity index is 3090. The van der Waals surface area contributed by atoms with Crippen LogP contribution in [-0.2, 0) is 24.7 Å². The van der Waals surface area contributed by atoms with Crippen molar-refractivity contribution in [2.45, 2.75) is 74.7 Å². The number of aryl methyl sites for hydroxylation is 2. The number of hydrogen-bond donors (Lipinski definition) is 3. The van der Waals surface area contributed by atoms with E-state index in [4.69, 9.17) is 11.6 Å². The zero-order valence-corrected chi connectivity index (χ0v) is 45.5. The van der Waals surface area contributed by atoms with Crippen molar-refractivity contribution < 1.29 is 31.1 Å². The van der Waals surface area contributed by atoms with Gasteiger partial charge in [0.15, 0.2) is 9.84 Å². The molecule has 1 aromatic heterocycles. The normalized spacial score (nSPS) is 15.4. The summed E-state index contributed by atoms with van der Waals surface area (Å²) >= 11 is 7.96. The number of rotatable bonds is 17. The summed E-state index contributed by atoms with van der Waals surface area (Å²) in [5.41, 5.74) is 7.53. The molecule has 5 aromatic carbocycles. The van der Waals surface area contributed by atoms with Crippen LogP contribution in [0.3, 0.4) is 0 Å². The maximum absolute atomic E-state index is 15.3. The third-order valence-electron chi connectivity index (χ3n) is 13.4. The van der Waals surface area contributed by atoms with Crippen molar-refractivity contribution in [3.05, 3.63) is 143 Å². The van der Waals surface area contributed by atoms with Crippen LogP contribution in [0.1, 0.15) is 50.1 Å². The highest BCUT2D eigenvalue weighted by Crippen LogP contribution is 2.45. The summed E-state index contributed by atoms with van der Waals surface area (Å²) in [4.78, 5) is 19.7. The highest BCUT2D eigenvalue weighted by Gasteiger charge is 2.45. The van der Waals surface area contributed by atoms with Crippen molar-refractivity contribution in [2.75, 3.05) is 80.0 Å². The van der Waals surface area contributed by atoms with Gasteiger partial charge in [-0.2, -0.15) is 0 Å². The number of carboxylic acid groups (broad SMARTS) is 1. The van der Waals surface area contributed by atoms with E-state index in [1.165, 1.54) is 35.5 Å². The van der Waals surface area contributed by atoms with E-state index < -0.39 is 37.1 Å². The Morgan fingerprint density at radius 1 is 0.819 bits per heavy atom. The number of benzene rings is 5. The number of carbonyl (C=O) groups is 1. The van der Waals surface area contributed by atoms with E-state index in [2.05, 4.69) is 68.1 Å². The molecule has 8 rings (SSSR count). The number of piperazine rings is 1. The van der Waals surface area contributed by atoms with E-state index in [1.807, 2.05) is 74.7 Å². The van der Waals surface area contributed by atoms with Crippen molar-refractivity contribution in [1.82, 2.24) is 14.2 Å². The number of nitrogens with zero attached hydrogens (tertiary/aromatic N) is 4. The second-order valence-electron chi connectivity index (χ2n) is 19.4.